The molecule has 6 nitrogen and oxygen atoms in total. The molecule has 0 atom stereocenters. The SMILES string of the molecule is COc1cccc(-c2nc(CC(=O)NCC3CCC(C(=O)O)CC3)cs2)c1. The number of carbonyl (C=O) groups is 2. The van der Waals surface area contributed by atoms with E-state index in [1.54, 1.807) is 7.11 Å². The van der Waals surface area contributed by atoms with Crippen LogP contribution in [0.5, 0.6) is 5.75 Å². The number of carbonyl (C=O) groups excluding carboxylic acids is 1. The van der Waals surface area contributed by atoms with Crippen molar-refractivity contribution < 1.29 is 19.4 Å². The number of carboxylic acids is 1. The maximum absolute atomic E-state index is 12.2. The summed E-state index contributed by atoms with van der Waals surface area (Å²) < 4.78 is 5.24. The number of aliphatic carboxylic acids is 1. The van der Waals surface area contributed by atoms with E-state index in [9.17, 15) is 9.59 Å². The molecule has 1 aromatic heterocycles. The number of methoxy groups -OCH3 is 1. The number of thiazole rings is 1. The first-order valence-corrected chi connectivity index (χ1v) is 10.0. The van der Waals surface area contributed by atoms with Crippen LogP contribution in [0.25, 0.3) is 10.6 Å². The molecule has 0 aliphatic heterocycles. The number of aromatic nitrogens is 1. The summed E-state index contributed by atoms with van der Waals surface area (Å²) in [5.74, 6) is 0.180. The molecule has 0 unspecified atom stereocenters. The van der Waals surface area contributed by atoms with E-state index >= 15 is 0 Å². The van der Waals surface area contributed by atoms with Crippen LogP contribution in [-0.2, 0) is 16.0 Å². The summed E-state index contributed by atoms with van der Waals surface area (Å²) in [6.07, 6.45) is 3.37. The number of hydrogen-bond donors (Lipinski definition) is 2. The maximum Gasteiger partial charge on any atom is 0.306 e. The molecule has 1 fully saturated rings. The molecule has 1 amide bonds. The maximum atomic E-state index is 12.2. The van der Waals surface area contributed by atoms with E-state index in [1.807, 2.05) is 29.6 Å². The van der Waals surface area contributed by atoms with Crippen molar-refractivity contribution in [3.05, 3.63) is 35.3 Å². The second kappa shape index (κ2) is 8.99. The van der Waals surface area contributed by atoms with E-state index in [4.69, 9.17) is 9.84 Å². The molecule has 144 valence electrons. The minimum atomic E-state index is -0.701. The third kappa shape index (κ3) is 5.29. The fourth-order valence-electron chi connectivity index (χ4n) is 3.38. The van der Waals surface area contributed by atoms with Crippen molar-refractivity contribution in [3.8, 4) is 16.3 Å². The molecule has 0 saturated heterocycles. The van der Waals surface area contributed by atoms with Crippen molar-refractivity contribution in [1.82, 2.24) is 10.3 Å². The lowest BCUT2D eigenvalue weighted by Gasteiger charge is -2.26. The third-order valence-electron chi connectivity index (χ3n) is 4.99. The number of hydrogen-bond acceptors (Lipinski definition) is 5. The normalized spacial score (nSPS) is 19.4. The lowest BCUT2D eigenvalue weighted by atomic mass is 9.82. The summed E-state index contributed by atoms with van der Waals surface area (Å²) in [5.41, 5.74) is 1.73. The van der Waals surface area contributed by atoms with Crippen LogP contribution in [0.1, 0.15) is 31.4 Å². The molecule has 2 N–H and O–H groups in total. The fourth-order valence-corrected chi connectivity index (χ4v) is 4.19. The van der Waals surface area contributed by atoms with Crippen LogP contribution < -0.4 is 10.1 Å². The largest absolute Gasteiger partial charge is 0.497 e. The van der Waals surface area contributed by atoms with Crippen LogP contribution in [-0.4, -0.2) is 35.6 Å². The van der Waals surface area contributed by atoms with Gasteiger partial charge in [0.15, 0.2) is 0 Å². The third-order valence-corrected chi connectivity index (χ3v) is 5.93. The first kappa shape index (κ1) is 19.4. The first-order valence-electron chi connectivity index (χ1n) is 9.13. The zero-order valence-corrected chi connectivity index (χ0v) is 16.1. The van der Waals surface area contributed by atoms with Gasteiger partial charge in [0.05, 0.1) is 25.1 Å². The molecule has 0 radical (unpaired) electrons. The molecular weight excluding hydrogens is 364 g/mol. The Labute approximate surface area is 162 Å². The van der Waals surface area contributed by atoms with Gasteiger partial charge in [-0.3, -0.25) is 9.59 Å². The lowest BCUT2D eigenvalue weighted by molar-refractivity contribution is -0.143. The molecule has 0 bridgehead atoms. The van der Waals surface area contributed by atoms with Crippen LogP contribution >= 0.6 is 11.3 Å². The number of benzene rings is 1. The van der Waals surface area contributed by atoms with Gasteiger partial charge in [-0.05, 0) is 43.7 Å². The minimum Gasteiger partial charge on any atom is -0.497 e. The van der Waals surface area contributed by atoms with Gasteiger partial charge in [0.1, 0.15) is 10.8 Å². The van der Waals surface area contributed by atoms with Gasteiger partial charge in [-0.25, -0.2) is 4.98 Å². The van der Waals surface area contributed by atoms with Crippen molar-refractivity contribution in [3.63, 3.8) is 0 Å². The highest BCUT2D eigenvalue weighted by Crippen LogP contribution is 2.29. The van der Waals surface area contributed by atoms with E-state index in [0.717, 1.165) is 34.9 Å². The van der Waals surface area contributed by atoms with E-state index in [2.05, 4.69) is 10.3 Å². The van der Waals surface area contributed by atoms with Gasteiger partial charge >= 0.3 is 5.97 Å². The molecule has 1 heterocycles. The zero-order chi connectivity index (χ0) is 19.2. The molecule has 1 aliphatic carbocycles. The monoisotopic (exact) mass is 388 g/mol. The molecule has 2 aromatic rings. The Hall–Kier alpha value is -2.41. The molecule has 1 aliphatic rings. The number of carboxylic acid groups (broad SMARTS) is 1. The minimum absolute atomic E-state index is 0.0437. The summed E-state index contributed by atoms with van der Waals surface area (Å²) in [6, 6.07) is 7.70. The predicted octanol–water partition coefficient (Wildman–Crippen LogP) is 3.37. The Morgan fingerprint density at radius 1 is 1.30 bits per heavy atom. The Kier molecular flexibility index (Phi) is 6.45. The summed E-state index contributed by atoms with van der Waals surface area (Å²) in [7, 11) is 1.63. The molecule has 7 heteroatoms. The highest BCUT2D eigenvalue weighted by molar-refractivity contribution is 7.13. The predicted molar refractivity (Wildman–Crippen MR) is 104 cm³/mol. The highest BCUT2D eigenvalue weighted by atomic mass is 32.1. The standard InChI is InChI=1S/C20H24N2O4S/c1-26-17-4-2-3-15(9-17)19-22-16(12-27-19)10-18(23)21-11-13-5-7-14(8-6-13)20(24)25/h2-4,9,12-14H,5-8,10-11H2,1H3,(H,21,23)(H,24,25). The Morgan fingerprint density at radius 3 is 2.78 bits per heavy atom. The van der Waals surface area contributed by atoms with Crippen molar-refractivity contribution in [2.75, 3.05) is 13.7 Å². The molecule has 1 aromatic carbocycles. The van der Waals surface area contributed by atoms with Gasteiger partial charge in [0, 0.05) is 17.5 Å². The van der Waals surface area contributed by atoms with Crippen molar-refractivity contribution >= 4 is 23.2 Å². The number of rotatable bonds is 7. The average molecular weight is 388 g/mol. The Morgan fingerprint density at radius 2 is 2.07 bits per heavy atom. The fraction of sp³-hybridized carbons (Fsp3) is 0.450. The average Bonchev–Trinajstić information content (AvgIpc) is 3.15. The highest BCUT2D eigenvalue weighted by Gasteiger charge is 2.26. The van der Waals surface area contributed by atoms with E-state index in [-0.39, 0.29) is 18.2 Å². The second-order valence-electron chi connectivity index (χ2n) is 6.91. The van der Waals surface area contributed by atoms with Crippen LogP contribution in [0.4, 0.5) is 0 Å². The quantitative estimate of drug-likeness (QED) is 0.759. The molecular formula is C20H24N2O4S. The van der Waals surface area contributed by atoms with Gasteiger partial charge in [-0.2, -0.15) is 0 Å². The lowest BCUT2D eigenvalue weighted by Crippen LogP contribution is -2.33. The van der Waals surface area contributed by atoms with Gasteiger partial charge in [-0.1, -0.05) is 12.1 Å². The zero-order valence-electron chi connectivity index (χ0n) is 15.3. The van der Waals surface area contributed by atoms with E-state index in [0.29, 0.717) is 25.3 Å². The Balaban J connectivity index is 1.47. The van der Waals surface area contributed by atoms with Crippen LogP contribution in [0.2, 0.25) is 0 Å². The molecule has 3 rings (SSSR count). The van der Waals surface area contributed by atoms with Crippen molar-refractivity contribution in [1.29, 1.82) is 0 Å². The van der Waals surface area contributed by atoms with Gasteiger partial charge in [0.2, 0.25) is 5.91 Å². The first-order chi connectivity index (χ1) is 13.0. The topological polar surface area (TPSA) is 88.5 Å². The smallest absolute Gasteiger partial charge is 0.306 e. The van der Waals surface area contributed by atoms with E-state index in [1.165, 1.54) is 11.3 Å². The number of nitrogens with zero attached hydrogens (tertiary/aromatic N) is 1. The summed E-state index contributed by atoms with van der Waals surface area (Å²) in [4.78, 5) is 27.8. The summed E-state index contributed by atoms with van der Waals surface area (Å²) >= 11 is 1.51. The van der Waals surface area contributed by atoms with Gasteiger partial charge in [-0.15, -0.1) is 11.3 Å². The second-order valence-corrected chi connectivity index (χ2v) is 7.77. The molecule has 1 saturated carbocycles. The molecule has 0 spiro atoms. The Bertz CT molecular complexity index is 797. The number of ether oxygens (including phenoxy) is 1. The summed E-state index contributed by atoms with van der Waals surface area (Å²) in [5, 5.41) is 14.8. The van der Waals surface area contributed by atoms with Crippen LogP contribution in [0.15, 0.2) is 29.6 Å². The summed E-state index contributed by atoms with van der Waals surface area (Å²) in [6.45, 7) is 0.609. The van der Waals surface area contributed by atoms with Gasteiger partial charge in [0.25, 0.3) is 0 Å². The van der Waals surface area contributed by atoms with E-state index < -0.39 is 5.97 Å². The van der Waals surface area contributed by atoms with Crippen LogP contribution in [0, 0.1) is 11.8 Å². The number of amides is 1. The van der Waals surface area contributed by atoms with Crippen LogP contribution in [0.3, 0.4) is 0 Å². The van der Waals surface area contributed by atoms with Crippen molar-refractivity contribution in [2.45, 2.75) is 32.1 Å². The molecule has 27 heavy (non-hydrogen) atoms. The number of nitrogens with one attached hydrogen (secondary N) is 1. The van der Waals surface area contributed by atoms with Gasteiger partial charge < -0.3 is 15.2 Å². The van der Waals surface area contributed by atoms with Crippen molar-refractivity contribution in [2.24, 2.45) is 11.8 Å².